The summed E-state index contributed by atoms with van der Waals surface area (Å²) < 4.78 is 89.7. The number of hydrogen-bond acceptors (Lipinski definition) is 6. The monoisotopic (exact) mass is 982 g/mol. The fraction of sp³-hybridized carbons (Fsp3) is 0.308. The van der Waals surface area contributed by atoms with Gasteiger partial charge in [-0.15, -0.1) is 0 Å². The number of carboxylic acids is 2. The van der Waals surface area contributed by atoms with E-state index in [1.807, 2.05) is 12.1 Å². The van der Waals surface area contributed by atoms with Gasteiger partial charge < -0.3 is 19.7 Å². The molecule has 0 unspecified atom stereocenters. The highest BCUT2D eigenvalue weighted by atomic mass is 35.5. The Morgan fingerprint density at radius 1 is 0.588 bits per heavy atom. The van der Waals surface area contributed by atoms with E-state index in [1.165, 1.54) is 24.3 Å². The van der Waals surface area contributed by atoms with E-state index in [0.29, 0.717) is 81.1 Å². The van der Waals surface area contributed by atoms with Crippen LogP contribution in [0.25, 0.3) is 22.5 Å². The van der Waals surface area contributed by atoms with Crippen molar-refractivity contribution in [3.63, 3.8) is 0 Å². The van der Waals surface area contributed by atoms with E-state index in [-0.39, 0.29) is 18.9 Å². The van der Waals surface area contributed by atoms with Gasteiger partial charge in [0.1, 0.15) is 23.7 Å². The number of ether oxygens (including phenoxy) is 2. The number of halogens is 8. The van der Waals surface area contributed by atoms with E-state index in [0.717, 1.165) is 61.1 Å². The van der Waals surface area contributed by atoms with Gasteiger partial charge in [0.2, 0.25) is 0 Å². The number of pyridine rings is 2. The standard InChI is InChI=1S/2C26H25ClF3NO3/c1-2-3-7-24(34-23-14-8-17(16-20(23)27)9-15-25(32)33)22-6-4-5-21(31-22)18-10-12-19(13-11-18)26(28,29)30;1-2-3-7-24(34-20-14-10-17(21(27)16-20)11-15-25(32)33)23-6-4-5-22(31-23)18-8-12-19(13-9-18)26(28,29)30/h4-6,8,10-14,16,24H,2-3,7,9,15H2,1H3,(H,32,33);4-6,8-10,12-14,16,24H,2-3,7,11,15H2,1H3,(H,32,33)/t2*24-/m00/s1. The quantitative estimate of drug-likeness (QED) is 0.0726. The number of hydrogen-bond donors (Lipinski definition) is 2. The molecule has 0 aliphatic rings. The van der Waals surface area contributed by atoms with E-state index < -0.39 is 41.5 Å². The van der Waals surface area contributed by atoms with Crippen LogP contribution < -0.4 is 9.47 Å². The van der Waals surface area contributed by atoms with Crippen molar-refractivity contribution in [1.29, 1.82) is 0 Å². The van der Waals surface area contributed by atoms with E-state index >= 15 is 0 Å². The molecule has 360 valence electrons. The van der Waals surface area contributed by atoms with Crippen LogP contribution in [0.2, 0.25) is 10.0 Å². The number of alkyl halides is 6. The fourth-order valence-electron chi connectivity index (χ4n) is 6.97. The molecule has 6 rings (SSSR count). The molecule has 4 aromatic carbocycles. The van der Waals surface area contributed by atoms with Gasteiger partial charge in [0.25, 0.3) is 0 Å². The zero-order valence-electron chi connectivity index (χ0n) is 37.2. The largest absolute Gasteiger partial charge is 0.484 e. The van der Waals surface area contributed by atoms with Crippen LogP contribution >= 0.6 is 23.2 Å². The molecule has 16 heteroatoms. The Morgan fingerprint density at radius 3 is 1.51 bits per heavy atom. The summed E-state index contributed by atoms with van der Waals surface area (Å²) in [6.07, 6.45) is -3.85. The molecule has 0 radical (unpaired) electrons. The highest BCUT2D eigenvalue weighted by Crippen LogP contribution is 2.36. The summed E-state index contributed by atoms with van der Waals surface area (Å²) in [5, 5.41) is 18.6. The van der Waals surface area contributed by atoms with Crippen molar-refractivity contribution < 1.29 is 55.6 Å². The molecule has 0 saturated heterocycles. The van der Waals surface area contributed by atoms with Crippen LogP contribution in [-0.4, -0.2) is 32.1 Å². The molecule has 8 nitrogen and oxygen atoms in total. The number of unbranched alkanes of at least 4 members (excludes halogenated alkanes) is 2. The van der Waals surface area contributed by atoms with Crippen molar-refractivity contribution in [3.05, 3.63) is 165 Å². The molecule has 2 atom stereocenters. The molecule has 68 heavy (non-hydrogen) atoms. The SMILES string of the molecule is CCCC[C@H](Oc1ccc(CCC(=O)O)c(Cl)c1)c1cccc(-c2ccc(C(F)(F)F)cc2)n1.CCCC[C@H](Oc1ccc(CCC(=O)O)cc1Cl)c1cccc(-c2ccc(C(F)(F)F)cc2)n1. The maximum Gasteiger partial charge on any atom is 0.416 e. The molecule has 0 bridgehead atoms. The summed E-state index contributed by atoms with van der Waals surface area (Å²) >= 11 is 12.7. The summed E-state index contributed by atoms with van der Waals surface area (Å²) in [6.45, 7) is 4.13. The van der Waals surface area contributed by atoms with Crippen molar-refractivity contribution in [2.45, 2.75) is 103 Å². The first-order valence-corrected chi connectivity index (χ1v) is 22.7. The van der Waals surface area contributed by atoms with Crippen molar-refractivity contribution >= 4 is 35.1 Å². The van der Waals surface area contributed by atoms with Gasteiger partial charge in [0.15, 0.2) is 0 Å². The Balaban J connectivity index is 0.000000254. The first-order valence-electron chi connectivity index (χ1n) is 22.0. The Morgan fingerprint density at radius 2 is 1.07 bits per heavy atom. The number of aryl methyl sites for hydroxylation is 2. The fourth-order valence-corrected chi connectivity index (χ4v) is 7.48. The van der Waals surface area contributed by atoms with Crippen LogP contribution in [0.1, 0.15) is 111 Å². The zero-order chi connectivity index (χ0) is 49.4. The maximum absolute atomic E-state index is 12.9. The summed E-state index contributed by atoms with van der Waals surface area (Å²) in [5.74, 6) is -0.777. The maximum atomic E-state index is 12.9. The van der Waals surface area contributed by atoms with Crippen molar-refractivity contribution in [2.24, 2.45) is 0 Å². The molecule has 2 heterocycles. The van der Waals surface area contributed by atoms with E-state index in [2.05, 4.69) is 23.8 Å². The van der Waals surface area contributed by atoms with Gasteiger partial charge in [-0.2, -0.15) is 26.3 Å². The van der Waals surface area contributed by atoms with Gasteiger partial charge in [0.05, 0.1) is 38.9 Å². The number of aliphatic carboxylic acids is 2. The molecule has 0 amide bonds. The van der Waals surface area contributed by atoms with Crippen molar-refractivity contribution in [3.8, 4) is 34.0 Å². The number of carbonyl (C=O) groups is 2. The van der Waals surface area contributed by atoms with Gasteiger partial charge in [-0.3, -0.25) is 9.59 Å². The third kappa shape index (κ3) is 16.0. The second-order valence-electron chi connectivity index (χ2n) is 15.8. The summed E-state index contributed by atoms with van der Waals surface area (Å²) in [7, 11) is 0. The molecule has 2 N–H and O–H groups in total. The van der Waals surface area contributed by atoms with Gasteiger partial charge in [0, 0.05) is 29.0 Å². The highest BCUT2D eigenvalue weighted by Gasteiger charge is 2.31. The summed E-state index contributed by atoms with van der Waals surface area (Å²) in [5.41, 5.74) is 3.67. The number of nitrogens with zero attached hydrogens (tertiary/aromatic N) is 2. The lowest BCUT2D eigenvalue weighted by atomic mass is 10.1. The Bertz CT molecular complexity index is 2590. The first kappa shape index (κ1) is 52.8. The molecule has 2 aromatic heterocycles. The minimum Gasteiger partial charge on any atom is -0.484 e. The lowest BCUT2D eigenvalue weighted by Gasteiger charge is -2.20. The molecule has 0 aliphatic carbocycles. The first-order chi connectivity index (χ1) is 32.3. The topological polar surface area (TPSA) is 119 Å². The number of carboxylic acid groups (broad SMARTS) is 2. The second-order valence-corrected chi connectivity index (χ2v) is 16.7. The Hall–Kier alpha value is -6.12. The van der Waals surface area contributed by atoms with Crippen LogP contribution in [0.5, 0.6) is 11.5 Å². The number of aromatic nitrogens is 2. The zero-order valence-corrected chi connectivity index (χ0v) is 38.7. The number of benzene rings is 4. The highest BCUT2D eigenvalue weighted by molar-refractivity contribution is 6.32. The third-order valence-electron chi connectivity index (χ3n) is 10.7. The average molecular weight is 984 g/mol. The lowest BCUT2D eigenvalue weighted by molar-refractivity contribution is -0.138. The van der Waals surface area contributed by atoms with E-state index in [4.69, 9.17) is 42.9 Å². The van der Waals surface area contributed by atoms with Crippen molar-refractivity contribution in [1.82, 2.24) is 9.97 Å². The third-order valence-corrected chi connectivity index (χ3v) is 11.3. The summed E-state index contributed by atoms with van der Waals surface area (Å²) in [6, 6.07) is 30.9. The summed E-state index contributed by atoms with van der Waals surface area (Å²) in [4.78, 5) is 31.0. The van der Waals surface area contributed by atoms with E-state index in [1.54, 1.807) is 60.7 Å². The molecule has 0 spiro atoms. The van der Waals surface area contributed by atoms with Gasteiger partial charge in [-0.05, 0) is 122 Å². The van der Waals surface area contributed by atoms with Gasteiger partial charge in [-0.1, -0.05) is 98.4 Å². The molecule has 0 aliphatic heterocycles. The van der Waals surface area contributed by atoms with Gasteiger partial charge in [-0.25, -0.2) is 9.97 Å². The minimum absolute atomic E-state index is 0.0102. The molecule has 0 fully saturated rings. The molecule has 6 aromatic rings. The van der Waals surface area contributed by atoms with Crippen LogP contribution in [0.15, 0.2) is 121 Å². The normalized spacial score (nSPS) is 12.4. The van der Waals surface area contributed by atoms with E-state index in [9.17, 15) is 35.9 Å². The van der Waals surface area contributed by atoms with Gasteiger partial charge >= 0.3 is 24.3 Å². The predicted molar refractivity (Wildman–Crippen MR) is 250 cm³/mol. The Labute approximate surface area is 400 Å². The lowest BCUT2D eigenvalue weighted by Crippen LogP contribution is -2.10. The van der Waals surface area contributed by atoms with Crippen LogP contribution in [0, 0.1) is 0 Å². The smallest absolute Gasteiger partial charge is 0.416 e. The average Bonchev–Trinajstić information content (AvgIpc) is 3.31. The van der Waals surface area contributed by atoms with Crippen molar-refractivity contribution in [2.75, 3.05) is 0 Å². The minimum atomic E-state index is -4.39. The number of rotatable bonds is 20. The van der Waals surface area contributed by atoms with Crippen LogP contribution in [0.4, 0.5) is 26.3 Å². The van der Waals surface area contributed by atoms with Crippen LogP contribution in [-0.2, 0) is 34.8 Å². The Kier molecular flexibility index (Phi) is 19.2. The predicted octanol–water partition coefficient (Wildman–Crippen LogP) is 15.5. The molecular formula is C52H50Cl2F6N2O6. The molecule has 0 saturated carbocycles. The van der Waals surface area contributed by atoms with Crippen LogP contribution in [0.3, 0.4) is 0 Å². The second kappa shape index (κ2) is 24.8. The molecular weight excluding hydrogens is 933 g/mol.